The number of benzene rings is 3. The maximum Gasteiger partial charge on any atom is 0.338 e. The highest BCUT2D eigenvalue weighted by Crippen LogP contribution is 2.33. The van der Waals surface area contributed by atoms with Gasteiger partial charge < -0.3 is 24.5 Å². The Morgan fingerprint density at radius 3 is 2.38 bits per heavy atom. The average molecular weight is 569 g/mol. The molecule has 1 aromatic heterocycles. The Hall–Kier alpha value is -4.31. The molecule has 3 aromatic carbocycles. The molecule has 0 unspecified atom stereocenters. The van der Waals surface area contributed by atoms with Crippen LogP contribution in [0.3, 0.4) is 0 Å². The number of aromatic nitrogens is 1. The standard InChI is InChI=1S/C33H36N4O5/c1-22-19-27-28(20-26(22)33(40)41-3)35-32(39)30(27)31(24-7-5-4-6-8-24)34-25-11-9-23(10-12-25)29(38)21-42-18-17-37-15-13-36(2)14-16-37/h4-12,19-20,35,39H,13-18,21H2,1-3H3. The topological polar surface area (TPSA) is 107 Å². The number of carbonyl (C=O) groups excluding carboxylic acids is 2. The molecule has 4 aromatic rings. The van der Waals surface area contributed by atoms with Crippen molar-refractivity contribution in [1.29, 1.82) is 0 Å². The molecule has 42 heavy (non-hydrogen) atoms. The fraction of sp³-hybridized carbons (Fsp3) is 0.303. The Morgan fingerprint density at radius 1 is 0.976 bits per heavy atom. The number of H-pyrrole nitrogens is 1. The summed E-state index contributed by atoms with van der Waals surface area (Å²) in [7, 11) is 3.47. The van der Waals surface area contributed by atoms with Gasteiger partial charge in [0.2, 0.25) is 0 Å². The van der Waals surface area contributed by atoms with Crippen molar-refractivity contribution >= 4 is 34.1 Å². The number of Topliss-reactive ketones (excluding diaryl/α,β-unsaturated/α-hetero) is 1. The Kier molecular flexibility index (Phi) is 9.12. The van der Waals surface area contributed by atoms with Crippen LogP contribution in [0.1, 0.15) is 37.4 Å². The largest absolute Gasteiger partial charge is 0.494 e. The van der Waals surface area contributed by atoms with Crippen LogP contribution in [-0.4, -0.2) is 97.4 Å². The van der Waals surface area contributed by atoms with Crippen LogP contribution in [0.15, 0.2) is 71.7 Å². The van der Waals surface area contributed by atoms with Crippen molar-refractivity contribution in [2.24, 2.45) is 4.99 Å². The molecule has 0 aliphatic carbocycles. The fourth-order valence-corrected chi connectivity index (χ4v) is 5.13. The zero-order valence-corrected chi connectivity index (χ0v) is 24.2. The van der Waals surface area contributed by atoms with Crippen LogP contribution in [0.4, 0.5) is 5.69 Å². The smallest absolute Gasteiger partial charge is 0.338 e. The quantitative estimate of drug-likeness (QED) is 0.125. The molecule has 0 spiro atoms. The van der Waals surface area contributed by atoms with Crippen LogP contribution < -0.4 is 0 Å². The van der Waals surface area contributed by atoms with E-state index in [4.69, 9.17) is 14.5 Å². The molecular weight excluding hydrogens is 532 g/mol. The summed E-state index contributed by atoms with van der Waals surface area (Å²) >= 11 is 0. The first kappa shape index (κ1) is 29.2. The van der Waals surface area contributed by atoms with Crippen LogP contribution in [0, 0.1) is 6.92 Å². The molecule has 2 heterocycles. The minimum Gasteiger partial charge on any atom is -0.494 e. The third kappa shape index (κ3) is 6.60. The van der Waals surface area contributed by atoms with E-state index in [1.165, 1.54) is 7.11 Å². The average Bonchev–Trinajstić information content (AvgIpc) is 3.32. The molecule has 0 bridgehead atoms. The number of piperazine rings is 1. The van der Waals surface area contributed by atoms with E-state index in [1.54, 1.807) is 30.3 Å². The van der Waals surface area contributed by atoms with Crippen molar-refractivity contribution in [1.82, 2.24) is 14.8 Å². The zero-order chi connectivity index (χ0) is 29.6. The van der Waals surface area contributed by atoms with Crippen molar-refractivity contribution in [2.75, 3.05) is 60.1 Å². The van der Waals surface area contributed by atoms with Crippen LogP contribution >= 0.6 is 0 Å². The number of likely N-dealkylation sites (N-methyl/N-ethyl adjacent to an activating group) is 1. The monoisotopic (exact) mass is 568 g/mol. The number of aromatic amines is 1. The number of methoxy groups -OCH3 is 1. The predicted octanol–water partition coefficient (Wildman–Crippen LogP) is 4.58. The number of hydrogen-bond acceptors (Lipinski definition) is 8. The molecule has 218 valence electrons. The molecule has 0 radical (unpaired) electrons. The van der Waals surface area contributed by atoms with Crippen LogP contribution in [0.25, 0.3) is 10.9 Å². The first-order valence-corrected chi connectivity index (χ1v) is 14.0. The first-order chi connectivity index (χ1) is 20.3. The lowest BCUT2D eigenvalue weighted by Crippen LogP contribution is -2.45. The summed E-state index contributed by atoms with van der Waals surface area (Å²) < 4.78 is 10.6. The van der Waals surface area contributed by atoms with E-state index in [2.05, 4.69) is 21.8 Å². The lowest BCUT2D eigenvalue weighted by molar-refractivity contribution is 0.0599. The Morgan fingerprint density at radius 2 is 1.69 bits per heavy atom. The number of ether oxygens (including phenoxy) is 2. The van der Waals surface area contributed by atoms with E-state index < -0.39 is 5.97 Å². The maximum absolute atomic E-state index is 12.7. The Balaban J connectivity index is 1.36. The molecule has 1 fully saturated rings. The third-order valence-electron chi connectivity index (χ3n) is 7.62. The molecule has 1 aliphatic heterocycles. The van der Waals surface area contributed by atoms with Crippen molar-refractivity contribution in [3.63, 3.8) is 0 Å². The van der Waals surface area contributed by atoms with E-state index in [0.717, 1.165) is 49.2 Å². The Labute approximate surface area is 245 Å². The lowest BCUT2D eigenvalue weighted by Gasteiger charge is -2.32. The second kappa shape index (κ2) is 13.1. The summed E-state index contributed by atoms with van der Waals surface area (Å²) in [6, 6.07) is 20.1. The summed E-state index contributed by atoms with van der Waals surface area (Å²) in [6.07, 6.45) is 0. The van der Waals surface area contributed by atoms with Gasteiger partial charge in [-0.25, -0.2) is 9.79 Å². The van der Waals surface area contributed by atoms with Crippen LogP contribution in [0.2, 0.25) is 0 Å². The van der Waals surface area contributed by atoms with Gasteiger partial charge in [-0.15, -0.1) is 0 Å². The zero-order valence-electron chi connectivity index (χ0n) is 24.2. The highest BCUT2D eigenvalue weighted by molar-refractivity contribution is 6.22. The van der Waals surface area contributed by atoms with Gasteiger partial charge in [0.25, 0.3) is 0 Å². The van der Waals surface area contributed by atoms with Gasteiger partial charge in [0, 0.05) is 54.8 Å². The van der Waals surface area contributed by atoms with Crippen molar-refractivity contribution in [3.05, 3.63) is 94.5 Å². The molecule has 2 N–H and O–H groups in total. The second-order valence-electron chi connectivity index (χ2n) is 10.5. The first-order valence-electron chi connectivity index (χ1n) is 14.0. The molecule has 5 rings (SSSR count). The number of aromatic hydroxyl groups is 1. The molecule has 1 aliphatic rings. The molecule has 9 nitrogen and oxygen atoms in total. The molecular formula is C33H36N4O5. The summed E-state index contributed by atoms with van der Waals surface area (Å²) in [4.78, 5) is 37.5. The number of aryl methyl sites for hydroxylation is 1. The number of nitrogens with one attached hydrogen (secondary N) is 1. The predicted molar refractivity (Wildman–Crippen MR) is 163 cm³/mol. The number of carbonyl (C=O) groups is 2. The van der Waals surface area contributed by atoms with Gasteiger partial charge in [-0.3, -0.25) is 9.69 Å². The van der Waals surface area contributed by atoms with E-state index in [-0.39, 0.29) is 18.3 Å². The summed E-state index contributed by atoms with van der Waals surface area (Å²) in [5.41, 5.74) is 4.77. The van der Waals surface area contributed by atoms with E-state index in [0.29, 0.717) is 40.2 Å². The fourth-order valence-electron chi connectivity index (χ4n) is 5.13. The van der Waals surface area contributed by atoms with Gasteiger partial charge in [-0.2, -0.15) is 0 Å². The number of ketones is 1. The van der Waals surface area contributed by atoms with Crippen LogP contribution in [0.5, 0.6) is 5.88 Å². The van der Waals surface area contributed by atoms with Gasteiger partial charge in [-0.1, -0.05) is 30.3 Å². The van der Waals surface area contributed by atoms with E-state index >= 15 is 0 Å². The van der Waals surface area contributed by atoms with E-state index in [9.17, 15) is 14.7 Å². The minimum absolute atomic E-state index is 0.0295. The maximum atomic E-state index is 12.7. The van der Waals surface area contributed by atoms with Crippen molar-refractivity contribution < 1.29 is 24.2 Å². The summed E-state index contributed by atoms with van der Waals surface area (Å²) in [6.45, 7) is 7.34. The summed E-state index contributed by atoms with van der Waals surface area (Å²) in [5, 5.41) is 11.7. The second-order valence-corrected chi connectivity index (χ2v) is 10.5. The van der Waals surface area contributed by atoms with Gasteiger partial charge in [-0.05, 0) is 55.9 Å². The number of nitrogens with zero attached hydrogens (tertiary/aromatic N) is 3. The van der Waals surface area contributed by atoms with Crippen LogP contribution in [-0.2, 0) is 9.47 Å². The lowest BCUT2D eigenvalue weighted by atomic mass is 9.98. The molecule has 0 saturated carbocycles. The van der Waals surface area contributed by atoms with Crippen molar-refractivity contribution in [3.8, 4) is 5.88 Å². The van der Waals surface area contributed by atoms with Gasteiger partial charge >= 0.3 is 5.97 Å². The number of fused-ring (bicyclic) bond motifs is 1. The highest BCUT2D eigenvalue weighted by atomic mass is 16.5. The number of aliphatic imine (C=N–C) groups is 1. The minimum atomic E-state index is -0.447. The Bertz CT molecular complexity index is 1590. The number of esters is 1. The number of rotatable bonds is 10. The molecule has 9 heteroatoms. The van der Waals surface area contributed by atoms with Crippen molar-refractivity contribution in [2.45, 2.75) is 6.92 Å². The molecule has 0 atom stereocenters. The van der Waals surface area contributed by atoms with Gasteiger partial charge in [0.15, 0.2) is 11.7 Å². The highest BCUT2D eigenvalue weighted by Gasteiger charge is 2.21. The van der Waals surface area contributed by atoms with E-state index in [1.807, 2.05) is 43.3 Å². The van der Waals surface area contributed by atoms with Gasteiger partial charge in [0.1, 0.15) is 6.61 Å². The molecule has 1 saturated heterocycles. The third-order valence-corrected chi connectivity index (χ3v) is 7.62. The summed E-state index contributed by atoms with van der Waals surface area (Å²) in [5.74, 6) is -0.593. The molecule has 0 amide bonds. The van der Waals surface area contributed by atoms with Gasteiger partial charge in [0.05, 0.1) is 36.2 Å². The normalized spacial score (nSPS) is 14.8. The number of hydrogen-bond donors (Lipinski definition) is 2. The SMILES string of the molecule is COC(=O)c1cc2[nH]c(O)c(C(=Nc3ccc(C(=O)COCCN4CCN(C)CC4)cc3)c3ccccc3)c2cc1C.